The fourth-order valence-electron chi connectivity index (χ4n) is 5.63. The summed E-state index contributed by atoms with van der Waals surface area (Å²) in [5.74, 6) is 0.184. The molecule has 1 aliphatic heterocycles. The number of ether oxygens (including phenoxy) is 1. The van der Waals surface area contributed by atoms with Crippen molar-refractivity contribution in [2.45, 2.75) is 65.9 Å². The van der Waals surface area contributed by atoms with Crippen molar-refractivity contribution in [3.63, 3.8) is 0 Å². The van der Waals surface area contributed by atoms with Gasteiger partial charge in [-0.2, -0.15) is 0 Å². The van der Waals surface area contributed by atoms with Gasteiger partial charge in [-0.15, -0.1) is 0 Å². The first-order valence-electron chi connectivity index (χ1n) is 15.0. The molecule has 2 aliphatic rings. The number of Topliss-reactive ketones (excluding diaryl/α,β-unsaturated/α-hetero) is 2. The van der Waals surface area contributed by atoms with Gasteiger partial charge in [0.25, 0.3) is 0 Å². The molecule has 0 spiro atoms. The monoisotopic (exact) mass is 573 g/mol. The molecule has 0 saturated carbocycles. The second-order valence-corrected chi connectivity index (χ2v) is 12.3. The van der Waals surface area contributed by atoms with Gasteiger partial charge in [0.1, 0.15) is 5.60 Å². The number of carbonyl (C=O) groups is 3. The van der Waals surface area contributed by atoms with Gasteiger partial charge in [0.2, 0.25) is 0 Å². The van der Waals surface area contributed by atoms with Gasteiger partial charge >= 0.3 is 6.09 Å². The van der Waals surface area contributed by atoms with Gasteiger partial charge in [-0.05, 0) is 111 Å². The maximum absolute atomic E-state index is 12.4. The van der Waals surface area contributed by atoms with E-state index in [0.29, 0.717) is 12.1 Å². The van der Waals surface area contributed by atoms with Gasteiger partial charge in [-0.25, -0.2) is 4.79 Å². The highest BCUT2D eigenvalue weighted by Crippen LogP contribution is 2.33. The molecule has 1 heterocycles. The molecule has 6 rings (SSSR count). The Hall–Kier alpha value is -4.51. The lowest BCUT2D eigenvalue weighted by Gasteiger charge is -2.24. The first kappa shape index (κ1) is 30.0. The summed E-state index contributed by atoms with van der Waals surface area (Å²) in [5.41, 5.74) is 10.6. The van der Waals surface area contributed by atoms with Crippen LogP contribution in [0.15, 0.2) is 84.9 Å². The van der Waals surface area contributed by atoms with E-state index in [0.717, 1.165) is 34.4 Å². The van der Waals surface area contributed by atoms with E-state index in [4.69, 9.17) is 4.74 Å². The summed E-state index contributed by atoms with van der Waals surface area (Å²) in [5, 5.41) is 0. The van der Waals surface area contributed by atoms with Crippen LogP contribution in [0.25, 0.3) is 22.3 Å². The summed E-state index contributed by atoms with van der Waals surface area (Å²) in [4.78, 5) is 36.7. The molecular formula is C38H39NO4. The number of hydrogen-bond acceptors (Lipinski definition) is 4. The highest BCUT2D eigenvalue weighted by molar-refractivity contribution is 5.95. The minimum atomic E-state index is -0.502. The number of ketones is 2. The molecule has 1 amide bonds. The molecule has 4 aromatic rings. The summed E-state index contributed by atoms with van der Waals surface area (Å²) < 4.78 is 5.48. The Balaban J connectivity index is 0.000000180. The van der Waals surface area contributed by atoms with Crippen molar-refractivity contribution in [3.05, 3.63) is 113 Å². The summed E-state index contributed by atoms with van der Waals surface area (Å²) in [6.07, 6.45) is 4.22. The van der Waals surface area contributed by atoms with Crippen LogP contribution >= 0.6 is 0 Å². The van der Waals surface area contributed by atoms with E-state index >= 15 is 0 Å². The van der Waals surface area contributed by atoms with Crippen molar-refractivity contribution in [1.82, 2.24) is 0 Å². The molecule has 0 saturated heterocycles. The molecule has 0 N–H and O–H groups in total. The molecular weight excluding hydrogens is 534 g/mol. The van der Waals surface area contributed by atoms with Gasteiger partial charge in [-0.3, -0.25) is 14.5 Å². The zero-order valence-corrected chi connectivity index (χ0v) is 25.7. The molecule has 220 valence electrons. The number of amides is 1. The van der Waals surface area contributed by atoms with Crippen molar-refractivity contribution in [2.75, 3.05) is 11.4 Å². The molecule has 5 heteroatoms. The number of anilines is 1. The van der Waals surface area contributed by atoms with Crippen molar-refractivity contribution >= 4 is 23.3 Å². The zero-order chi connectivity index (χ0) is 30.7. The fourth-order valence-corrected chi connectivity index (χ4v) is 5.63. The molecule has 0 fully saturated rings. The van der Waals surface area contributed by atoms with Crippen LogP contribution in [0.2, 0.25) is 0 Å². The van der Waals surface area contributed by atoms with Crippen molar-refractivity contribution in [2.24, 2.45) is 0 Å². The maximum Gasteiger partial charge on any atom is 0.414 e. The normalized spacial score (nSPS) is 13.5. The van der Waals surface area contributed by atoms with Crippen LogP contribution < -0.4 is 4.90 Å². The average Bonchev–Trinajstić information content (AvgIpc) is 3.63. The van der Waals surface area contributed by atoms with E-state index < -0.39 is 5.60 Å². The Morgan fingerprint density at radius 2 is 1.09 bits per heavy atom. The molecule has 0 bridgehead atoms. The Morgan fingerprint density at radius 3 is 1.63 bits per heavy atom. The standard InChI is InChI=1S/C21H23NO3.C17H16O/c1-14(23)15-5-7-16(8-6-15)17-9-10-19-18(13-17)11-12-22(19)20(24)25-21(2,3)4;1-12(18)13-5-7-15(8-6-13)17-10-9-14-3-2-4-16(14)11-17/h5-10,13H,11-12H2,1-4H3;5-11H,2-4H2,1H3. The second kappa shape index (κ2) is 12.4. The predicted molar refractivity (Wildman–Crippen MR) is 173 cm³/mol. The number of nitrogens with zero attached hydrogens (tertiary/aromatic N) is 1. The van der Waals surface area contributed by atoms with E-state index in [-0.39, 0.29) is 17.7 Å². The van der Waals surface area contributed by atoms with Crippen LogP contribution in [0.4, 0.5) is 10.5 Å². The van der Waals surface area contributed by atoms with Crippen molar-refractivity contribution in [1.29, 1.82) is 0 Å². The maximum atomic E-state index is 12.4. The molecule has 0 radical (unpaired) electrons. The third kappa shape index (κ3) is 7.11. The summed E-state index contributed by atoms with van der Waals surface area (Å²) in [6.45, 7) is 9.41. The summed E-state index contributed by atoms with van der Waals surface area (Å²) in [7, 11) is 0. The van der Waals surface area contributed by atoms with E-state index in [2.05, 4.69) is 24.3 Å². The van der Waals surface area contributed by atoms with Crippen LogP contribution in [0, 0.1) is 0 Å². The van der Waals surface area contributed by atoms with E-state index in [1.165, 1.54) is 41.5 Å². The highest BCUT2D eigenvalue weighted by Gasteiger charge is 2.29. The van der Waals surface area contributed by atoms with E-state index in [1.807, 2.05) is 81.4 Å². The number of benzene rings is 4. The van der Waals surface area contributed by atoms with Gasteiger partial charge in [-0.1, -0.05) is 72.8 Å². The molecule has 0 atom stereocenters. The van der Waals surface area contributed by atoms with Crippen LogP contribution in [0.1, 0.15) is 78.4 Å². The van der Waals surface area contributed by atoms with Crippen LogP contribution in [0.5, 0.6) is 0 Å². The lowest BCUT2D eigenvalue weighted by atomic mass is 9.99. The first-order valence-corrected chi connectivity index (χ1v) is 15.0. The predicted octanol–water partition coefficient (Wildman–Crippen LogP) is 8.90. The first-order chi connectivity index (χ1) is 20.5. The third-order valence-electron chi connectivity index (χ3n) is 7.94. The van der Waals surface area contributed by atoms with Crippen LogP contribution in [0.3, 0.4) is 0 Å². The van der Waals surface area contributed by atoms with Crippen molar-refractivity contribution in [3.8, 4) is 22.3 Å². The zero-order valence-electron chi connectivity index (χ0n) is 25.7. The fraction of sp³-hybridized carbons (Fsp3) is 0.289. The largest absolute Gasteiger partial charge is 0.443 e. The SMILES string of the molecule is CC(=O)c1ccc(-c2ccc3c(c2)CCC3)cc1.CC(=O)c1ccc(-c2ccc3c(c2)CCN3C(=O)OC(C)(C)C)cc1. The number of aryl methyl sites for hydroxylation is 2. The Kier molecular flexibility index (Phi) is 8.63. The number of fused-ring (bicyclic) bond motifs is 2. The topological polar surface area (TPSA) is 63.7 Å². The van der Waals surface area contributed by atoms with Crippen LogP contribution in [-0.2, 0) is 24.0 Å². The number of hydrogen-bond donors (Lipinski definition) is 0. The highest BCUT2D eigenvalue weighted by atomic mass is 16.6. The molecule has 1 aliphatic carbocycles. The number of rotatable bonds is 4. The summed E-state index contributed by atoms with van der Waals surface area (Å²) >= 11 is 0. The van der Waals surface area contributed by atoms with Crippen molar-refractivity contribution < 1.29 is 19.1 Å². The Morgan fingerprint density at radius 1 is 0.605 bits per heavy atom. The minimum absolute atomic E-state index is 0.0634. The number of carbonyl (C=O) groups excluding carboxylic acids is 3. The third-order valence-corrected chi connectivity index (χ3v) is 7.94. The quantitative estimate of drug-likeness (QED) is 0.229. The average molecular weight is 574 g/mol. The smallest absolute Gasteiger partial charge is 0.414 e. The molecule has 43 heavy (non-hydrogen) atoms. The Bertz CT molecular complexity index is 1660. The molecule has 0 aromatic heterocycles. The lowest BCUT2D eigenvalue weighted by molar-refractivity contribution is 0.0583. The van der Waals surface area contributed by atoms with Gasteiger partial charge in [0.15, 0.2) is 11.6 Å². The van der Waals surface area contributed by atoms with Crippen LogP contribution in [-0.4, -0.2) is 29.8 Å². The van der Waals surface area contributed by atoms with E-state index in [9.17, 15) is 14.4 Å². The summed E-state index contributed by atoms with van der Waals surface area (Å²) in [6, 6.07) is 28.3. The molecule has 4 aromatic carbocycles. The molecule has 0 unspecified atom stereocenters. The second-order valence-electron chi connectivity index (χ2n) is 12.3. The van der Waals surface area contributed by atoms with Gasteiger partial charge < -0.3 is 4.74 Å². The minimum Gasteiger partial charge on any atom is -0.443 e. The van der Waals surface area contributed by atoms with Gasteiger partial charge in [0.05, 0.1) is 5.69 Å². The van der Waals surface area contributed by atoms with E-state index in [1.54, 1.807) is 18.7 Å². The Labute approximate surface area is 254 Å². The molecule has 5 nitrogen and oxygen atoms in total. The lowest BCUT2D eigenvalue weighted by Crippen LogP contribution is -2.35. The van der Waals surface area contributed by atoms with Gasteiger partial charge in [0, 0.05) is 17.7 Å².